The number of alkyl halides is 1. The van der Waals surface area contributed by atoms with Crippen LogP contribution >= 0.6 is 11.6 Å². The quantitative estimate of drug-likeness (QED) is 0.869. The third kappa shape index (κ3) is 3.50. The Hall–Kier alpha value is -0.580. The Labute approximate surface area is 120 Å². The molecule has 1 N–H and O–H groups in total. The normalized spacial score (nSPS) is 24.3. The second-order valence-electron chi connectivity index (χ2n) is 5.19. The average molecular weight is 302 g/mol. The van der Waals surface area contributed by atoms with Gasteiger partial charge in [-0.2, -0.15) is 0 Å². The first-order chi connectivity index (χ1) is 9.04. The van der Waals surface area contributed by atoms with Crippen LogP contribution in [0.3, 0.4) is 0 Å². The van der Waals surface area contributed by atoms with Gasteiger partial charge in [0.2, 0.25) is 10.0 Å². The fourth-order valence-corrected chi connectivity index (χ4v) is 4.62. The van der Waals surface area contributed by atoms with Gasteiger partial charge in [0.15, 0.2) is 0 Å². The Balaban J connectivity index is 2.19. The van der Waals surface area contributed by atoms with Gasteiger partial charge in [0.05, 0.1) is 4.90 Å². The summed E-state index contributed by atoms with van der Waals surface area (Å²) in [7, 11) is -3.44. The van der Waals surface area contributed by atoms with Gasteiger partial charge < -0.3 is 0 Å². The number of hydrogen-bond acceptors (Lipinski definition) is 2. The van der Waals surface area contributed by atoms with Crippen LogP contribution in [0.15, 0.2) is 29.2 Å². The molecule has 0 radical (unpaired) electrons. The molecule has 5 heteroatoms. The van der Waals surface area contributed by atoms with Crippen molar-refractivity contribution in [2.45, 2.75) is 43.5 Å². The highest BCUT2D eigenvalue weighted by Gasteiger charge is 2.29. The van der Waals surface area contributed by atoms with E-state index in [9.17, 15) is 8.42 Å². The van der Waals surface area contributed by atoms with E-state index in [1.54, 1.807) is 12.1 Å². The molecule has 0 heterocycles. The fraction of sp³-hybridized carbons (Fsp3) is 0.571. The molecule has 19 heavy (non-hydrogen) atoms. The Morgan fingerprint density at radius 2 is 1.95 bits per heavy atom. The summed E-state index contributed by atoms with van der Waals surface area (Å²) in [6, 6.07) is 7.03. The van der Waals surface area contributed by atoms with Crippen LogP contribution < -0.4 is 4.72 Å². The van der Waals surface area contributed by atoms with Crippen LogP contribution in [0.2, 0.25) is 0 Å². The largest absolute Gasteiger partial charge is 0.241 e. The van der Waals surface area contributed by atoms with Crippen molar-refractivity contribution in [3.63, 3.8) is 0 Å². The van der Waals surface area contributed by atoms with Crippen LogP contribution in [0.5, 0.6) is 0 Å². The predicted molar refractivity (Wildman–Crippen MR) is 78.0 cm³/mol. The van der Waals surface area contributed by atoms with Crippen molar-refractivity contribution in [2.24, 2.45) is 5.92 Å². The van der Waals surface area contributed by atoms with E-state index >= 15 is 0 Å². The van der Waals surface area contributed by atoms with Crippen LogP contribution in [0, 0.1) is 12.8 Å². The van der Waals surface area contributed by atoms with E-state index in [4.69, 9.17) is 11.6 Å². The van der Waals surface area contributed by atoms with Crippen molar-refractivity contribution in [3.8, 4) is 0 Å². The maximum atomic E-state index is 12.4. The highest BCUT2D eigenvalue weighted by atomic mass is 35.5. The number of halogens is 1. The lowest BCUT2D eigenvalue weighted by molar-refractivity contribution is 0.314. The summed E-state index contributed by atoms with van der Waals surface area (Å²) in [5.41, 5.74) is 0.772. The van der Waals surface area contributed by atoms with E-state index in [1.165, 1.54) is 0 Å². The standard InChI is InChI=1S/C14H20ClNO2S/c1-11-6-2-5-9-14(11)19(17,18)16-13-8-4-3-7-12(13)10-15/h2,5-6,9,12-13,16H,3-4,7-8,10H2,1H3. The maximum Gasteiger partial charge on any atom is 0.241 e. The van der Waals surface area contributed by atoms with E-state index < -0.39 is 10.0 Å². The van der Waals surface area contributed by atoms with Crippen molar-refractivity contribution in [2.75, 3.05) is 5.88 Å². The number of sulfonamides is 1. The summed E-state index contributed by atoms with van der Waals surface area (Å²) < 4.78 is 27.7. The predicted octanol–water partition coefficient (Wildman–Crippen LogP) is 3.07. The van der Waals surface area contributed by atoms with Gasteiger partial charge in [-0.1, -0.05) is 31.0 Å². The second kappa shape index (κ2) is 6.25. The summed E-state index contributed by atoms with van der Waals surface area (Å²) in [6.07, 6.45) is 4.08. The molecule has 0 saturated heterocycles. The second-order valence-corrected chi connectivity index (χ2v) is 7.18. The summed E-state index contributed by atoms with van der Waals surface area (Å²) in [4.78, 5) is 0.369. The SMILES string of the molecule is Cc1ccccc1S(=O)(=O)NC1CCCCC1CCl. The molecule has 0 bridgehead atoms. The van der Waals surface area contributed by atoms with E-state index in [0.29, 0.717) is 10.8 Å². The molecule has 2 atom stereocenters. The molecule has 0 amide bonds. The molecule has 2 unspecified atom stereocenters. The van der Waals surface area contributed by atoms with E-state index in [1.807, 2.05) is 19.1 Å². The number of hydrogen-bond donors (Lipinski definition) is 1. The minimum absolute atomic E-state index is 0.0316. The van der Waals surface area contributed by atoms with Crippen LogP contribution in [-0.4, -0.2) is 20.3 Å². The lowest BCUT2D eigenvalue weighted by Gasteiger charge is -2.30. The zero-order valence-electron chi connectivity index (χ0n) is 11.1. The molecule has 1 saturated carbocycles. The van der Waals surface area contributed by atoms with Gasteiger partial charge in [-0.15, -0.1) is 11.6 Å². The Morgan fingerprint density at radius 3 is 2.63 bits per heavy atom. The van der Waals surface area contributed by atoms with Crippen molar-refractivity contribution in [1.29, 1.82) is 0 Å². The zero-order valence-corrected chi connectivity index (χ0v) is 12.7. The molecule has 1 aromatic carbocycles. The fourth-order valence-electron chi connectivity index (χ4n) is 2.67. The summed E-state index contributed by atoms with van der Waals surface area (Å²) in [5.74, 6) is 0.759. The van der Waals surface area contributed by atoms with Gasteiger partial charge in [0.25, 0.3) is 0 Å². The molecule has 1 aliphatic rings. The molecule has 1 aromatic rings. The van der Waals surface area contributed by atoms with Gasteiger partial charge in [-0.3, -0.25) is 0 Å². The van der Waals surface area contributed by atoms with Gasteiger partial charge in [0.1, 0.15) is 0 Å². The maximum absolute atomic E-state index is 12.4. The van der Waals surface area contributed by atoms with Crippen molar-refractivity contribution in [3.05, 3.63) is 29.8 Å². The minimum Gasteiger partial charge on any atom is -0.208 e. The monoisotopic (exact) mass is 301 g/mol. The van der Waals surface area contributed by atoms with E-state index in [-0.39, 0.29) is 12.0 Å². The van der Waals surface area contributed by atoms with Gasteiger partial charge >= 0.3 is 0 Å². The highest BCUT2D eigenvalue weighted by Crippen LogP contribution is 2.27. The highest BCUT2D eigenvalue weighted by molar-refractivity contribution is 7.89. The van der Waals surface area contributed by atoms with Crippen molar-refractivity contribution >= 4 is 21.6 Å². The Bertz CT molecular complexity index is 530. The first-order valence-electron chi connectivity index (χ1n) is 6.68. The molecule has 2 rings (SSSR count). The molecule has 3 nitrogen and oxygen atoms in total. The van der Waals surface area contributed by atoms with E-state index in [0.717, 1.165) is 31.2 Å². The topological polar surface area (TPSA) is 46.2 Å². The first kappa shape index (κ1) is 14.8. The lowest BCUT2D eigenvalue weighted by atomic mass is 9.86. The molecular formula is C14H20ClNO2S. The molecule has 1 fully saturated rings. The Morgan fingerprint density at radius 1 is 1.26 bits per heavy atom. The first-order valence-corrected chi connectivity index (χ1v) is 8.70. The number of benzene rings is 1. The molecule has 106 valence electrons. The van der Waals surface area contributed by atoms with Gasteiger partial charge in [-0.05, 0) is 37.3 Å². The van der Waals surface area contributed by atoms with Crippen LogP contribution in [0.1, 0.15) is 31.2 Å². The molecule has 0 aromatic heterocycles. The molecule has 0 aliphatic heterocycles. The zero-order chi connectivity index (χ0) is 13.9. The van der Waals surface area contributed by atoms with Crippen LogP contribution in [-0.2, 0) is 10.0 Å². The number of nitrogens with one attached hydrogen (secondary N) is 1. The van der Waals surface area contributed by atoms with Crippen LogP contribution in [0.4, 0.5) is 0 Å². The lowest BCUT2D eigenvalue weighted by Crippen LogP contribution is -2.42. The van der Waals surface area contributed by atoms with Gasteiger partial charge in [0, 0.05) is 11.9 Å². The third-order valence-electron chi connectivity index (χ3n) is 3.80. The molecular weight excluding hydrogens is 282 g/mol. The average Bonchev–Trinajstić information content (AvgIpc) is 2.39. The minimum atomic E-state index is -3.44. The summed E-state index contributed by atoms with van der Waals surface area (Å²) in [5, 5.41) is 0. The summed E-state index contributed by atoms with van der Waals surface area (Å²) >= 11 is 5.95. The number of rotatable bonds is 4. The van der Waals surface area contributed by atoms with Gasteiger partial charge in [-0.25, -0.2) is 13.1 Å². The molecule has 1 aliphatic carbocycles. The number of aryl methyl sites for hydroxylation is 1. The smallest absolute Gasteiger partial charge is 0.208 e. The molecule has 0 spiro atoms. The summed E-state index contributed by atoms with van der Waals surface area (Å²) in [6.45, 7) is 1.81. The third-order valence-corrected chi connectivity index (χ3v) is 5.84. The Kier molecular flexibility index (Phi) is 4.87. The van der Waals surface area contributed by atoms with Crippen molar-refractivity contribution < 1.29 is 8.42 Å². The van der Waals surface area contributed by atoms with E-state index in [2.05, 4.69) is 4.72 Å². The van der Waals surface area contributed by atoms with Crippen LogP contribution in [0.25, 0.3) is 0 Å². The van der Waals surface area contributed by atoms with Crippen molar-refractivity contribution in [1.82, 2.24) is 4.72 Å².